The Hall–Kier alpha value is -2.99. The molecule has 4 rings (SSSR count). The van der Waals surface area contributed by atoms with E-state index >= 15 is 0 Å². The summed E-state index contributed by atoms with van der Waals surface area (Å²) in [6.07, 6.45) is -0.689. The molecule has 0 saturated carbocycles. The highest BCUT2D eigenvalue weighted by molar-refractivity contribution is 5.73. The number of methoxy groups -OCH3 is 1. The van der Waals surface area contributed by atoms with Crippen molar-refractivity contribution < 1.29 is 36.9 Å². The van der Waals surface area contributed by atoms with E-state index in [9.17, 15) is 17.6 Å². The molecular weight excluding hydrogens is 460 g/mol. The first-order chi connectivity index (χ1) is 16.1. The standard InChI is InChI=1S/C20H25FN4O2.C2HF3O2/c1-26-18-4-2-16(3-5-18)14-24-8-6-20(7-9-24)15-25(10-11-27-20)19-22-12-17(21)13-23-19;3-2(4,5)1(6)7/h2-5,12-13H,6-11,14-15H2,1H3;(H,6,7). The minimum Gasteiger partial charge on any atom is -0.497 e. The van der Waals surface area contributed by atoms with Crippen molar-refractivity contribution >= 4 is 11.9 Å². The molecule has 1 spiro atoms. The lowest BCUT2D eigenvalue weighted by Crippen LogP contribution is -2.57. The largest absolute Gasteiger partial charge is 0.497 e. The van der Waals surface area contributed by atoms with Crippen molar-refractivity contribution in [3.63, 3.8) is 0 Å². The van der Waals surface area contributed by atoms with Gasteiger partial charge in [-0.3, -0.25) is 4.90 Å². The van der Waals surface area contributed by atoms with E-state index in [-0.39, 0.29) is 5.60 Å². The van der Waals surface area contributed by atoms with Crippen LogP contribution in [0.2, 0.25) is 0 Å². The van der Waals surface area contributed by atoms with Crippen LogP contribution < -0.4 is 9.64 Å². The topological polar surface area (TPSA) is 88.0 Å². The van der Waals surface area contributed by atoms with Gasteiger partial charge in [0.2, 0.25) is 5.95 Å². The molecule has 0 bridgehead atoms. The number of benzene rings is 1. The molecule has 12 heteroatoms. The first-order valence-electron chi connectivity index (χ1n) is 10.6. The number of ether oxygens (including phenoxy) is 2. The molecule has 34 heavy (non-hydrogen) atoms. The Morgan fingerprint density at radius 2 is 1.74 bits per heavy atom. The maximum absolute atomic E-state index is 13.1. The van der Waals surface area contributed by atoms with Crippen LogP contribution in [-0.2, 0) is 16.1 Å². The second-order valence-corrected chi connectivity index (χ2v) is 8.08. The fraction of sp³-hybridized carbons (Fsp3) is 0.500. The maximum atomic E-state index is 13.1. The van der Waals surface area contributed by atoms with E-state index in [0.717, 1.165) is 51.3 Å². The lowest BCUT2D eigenvalue weighted by atomic mass is 9.89. The number of carboxylic acids is 1. The monoisotopic (exact) mass is 486 g/mol. The third-order valence-electron chi connectivity index (χ3n) is 5.71. The zero-order chi connectivity index (χ0) is 24.8. The summed E-state index contributed by atoms with van der Waals surface area (Å²) >= 11 is 0. The molecule has 0 atom stereocenters. The predicted octanol–water partition coefficient (Wildman–Crippen LogP) is 3.13. The molecular formula is C22H26F4N4O4. The van der Waals surface area contributed by atoms with Gasteiger partial charge in [0.25, 0.3) is 0 Å². The molecule has 1 aromatic heterocycles. The third-order valence-corrected chi connectivity index (χ3v) is 5.71. The fourth-order valence-corrected chi connectivity index (χ4v) is 3.89. The van der Waals surface area contributed by atoms with Crippen LogP contribution in [0.5, 0.6) is 5.75 Å². The Bertz CT molecular complexity index is 933. The van der Waals surface area contributed by atoms with Gasteiger partial charge in [0.1, 0.15) is 5.75 Å². The average molecular weight is 486 g/mol. The molecule has 2 saturated heterocycles. The summed E-state index contributed by atoms with van der Waals surface area (Å²) in [5.74, 6) is -1.70. The zero-order valence-corrected chi connectivity index (χ0v) is 18.6. The normalized spacial score (nSPS) is 18.2. The van der Waals surface area contributed by atoms with E-state index in [0.29, 0.717) is 12.6 Å². The number of hydrogen-bond acceptors (Lipinski definition) is 7. The number of anilines is 1. The van der Waals surface area contributed by atoms with E-state index in [2.05, 4.69) is 31.9 Å². The van der Waals surface area contributed by atoms with Crippen LogP contribution >= 0.6 is 0 Å². The molecule has 0 amide bonds. The molecule has 2 aliphatic heterocycles. The van der Waals surface area contributed by atoms with Crippen molar-refractivity contribution in [2.75, 3.05) is 44.8 Å². The van der Waals surface area contributed by atoms with Gasteiger partial charge in [-0.15, -0.1) is 0 Å². The summed E-state index contributed by atoms with van der Waals surface area (Å²) in [7, 11) is 1.68. The zero-order valence-electron chi connectivity index (χ0n) is 18.6. The number of nitrogens with zero attached hydrogens (tertiary/aromatic N) is 4. The summed E-state index contributed by atoms with van der Waals surface area (Å²) in [4.78, 5) is 21.7. The smallest absolute Gasteiger partial charge is 0.490 e. The molecule has 1 N–H and O–H groups in total. The highest BCUT2D eigenvalue weighted by Gasteiger charge is 2.40. The van der Waals surface area contributed by atoms with Crippen LogP contribution in [0.3, 0.4) is 0 Å². The number of aromatic nitrogens is 2. The van der Waals surface area contributed by atoms with Crippen molar-refractivity contribution in [1.82, 2.24) is 14.9 Å². The lowest BCUT2D eigenvalue weighted by molar-refractivity contribution is -0.192. The van der Waals surface area contributed by atoms with Gasteiger partial charge in [-0.05, 0) is 30.5 Å². The van der Waals surface area contributed by atoms with E-state index < -0.39 is 18.0 Å². The van der Waals surface area contributed by atoms with Gasteiger partial charge in [-0.1, -0.05) is 12.1 Å². The molecule has 186 valence electrons. The van der Waals surface area contributed by atoms with Crippen molar-refractivity contribution in [3.05, 3.63) is 48.0 Å². The van der Waals surface area contributed by atoms with Crippen LogP contribution in [0.4, 0.5) is 23.5 Å². The van der Waals surface area contributed by atoms with Gasteiger partial charge in [0.05, 0.1) is 38.3 Å². The Labute approximate surface area is 194 Å². The van der Waals surface area contributed by atoms with Gasteiger partial charge in [0.15, 0.2) is 5.82 Å². The second-order valence-electron chi connectivity index (χ2n) is 8.08. The van der Waals surface area contributed by atoms with E-state index in [1.807, 2.05) is 12.1 Å². The van der Waals surface area contributed by atoms with Crippen LogP contribution in [0.15, 0.2) is 36.7 Å². The number of aliphatic carboxylic acids is 1. The van der Waals surface area contributed by atoms with E-state index in [4.69, 9.17) is 19.4 Å². The van der Waals surface area contributed by atoms with Crippen LogP contribution in [0.25, 0.3) is 0 Å². The summed E-state index contributed by atoms with van der Waals surface area (Å²) in [6, 6.07) is 8.25. The number of carboxylic acid groups (broad SMARTS) is 1. The average Bonchev–Trinajstić information content (AvgIpc) is 2.82. The minimum absolute atomic E-state index is 0.160. The molecule has 2 fully saturated rings. The number of alkyl halides is 3. The molecule has 0 aliphatic carbocycles. The SMILES string of the molecule is COc1ccc(CN2CCC3(CC2)CN(c2ncc(F)cn2)CCO3)cc1.O=C(O)C(F)(F)F. The van der Waals surface area contributed by atoms with Gasteiger partial charge >= 0.3 is 12.1 Å². The predicted molar refractivity (Wildman–Crippen MR) is 114 cm³/mol. The number of carbonyl (C=O) groups is 1. The molecule has 0 unspecified atom stereocenters. The van der Waals surface area contributed by atoms with Crippen LogP contribution in [-0.4, -0.2) is 77.6 Å². The highest BCUT2D eigenvalue weighted by Crippen LogP contribution is 2.32. The van der Waals surface area contributed by atoms with Crippen LogP contribution in [0.1, 0.15) is 18.4 Å². The Morgan fingerprint density at radius 1 is 1.15 bits per heavy atom. The lowest BCUT2D eigenvalue weighted by Gasteiger charge is -2.47. The molecule has 1 aromatic carbocycles. The molecule has 0 radical (unpaired) electrons. The molecule has 2 aliphatic rings. The maximum Gasteiger partial charge on any atom is 0.490 e. The Morgan fingerprint density at radius 3 is 2.26 bits per heavy atom. The van der Waals surface area contributed by atoms with E-state index in [1.54, 1.807) is 7.11 Å². The third kappa shape index (κ3) is 7.00. The number of piperidine rings is 1. The number of hydrogen-bond donors (Lipinski definition) is 1. The Kier molecular flexibility index (Phi) is 8.26. The van der Waals surface area contributed by atoms with Crippen molar-refractivity contribution in [3.8, 4) is 5.75 Å². The summed E-state index contributed by atoms with van der Waals surface area (Å²) in [5, 5.41) is 7.12. The number of morpholine rings is 1. The first-order valence-corrected chi connectivity index (χ1v) is 10.6. The van der Waals surface area contributed by atoms with Gasteiger partial charge < -0.3 is 19.5 Å². The number of likely N-dealkylation sites (tertiary alicyclic amines) is 1. The number of halogens is 4. The van der Waals surface area contributed by atoms with E-state index in [1.165, 1.54) is 18.0 Å². The van der Waals surface area contributed by atoms with Crippen LogP contribution in [0, 0.1) is 5.82 Å². The fourth-order valence-electron chi connectivity index (χ4n) is 3.89. The van der Waals surface area contributed by atoms with Crippen molar-refractivity contribution in [2.45, 2.75) is 31.2 Å². The Balaban J connectivity index is 0.000000406. The summed E-state index contributed by atoms with van der Waals surface area (Å²) in [5.41, 5.74) is 1.13. The summed E-state index contributed by atoms with van der Waals surface area (Å²) in [6.45, 7) is 5.07. The van der Waals surface area contributed by atoms with Gasteiger partial charge in [-0.2, -0.15) is 13.2 Å². The summed E-state index contributed by atoms with van der Waals surface area (Å²) < 4.78 is 56.2. The van der Waals surface area contributed by atoms with Gasteiger partial charge in [-0.25, -0.2) is 19.2 Å². The molecule has 8 nitrogen and oxygen atoms in total. The quantitative estimate of drug-likeness (QED) is 0.660. The van der Waals surface area contributed by atoms with Gasteiger partial charge in [0, 0.05) is 26.2 Å². The highest BCUT2D eigenvalue weighted by atomic mass is 19.4. The molecule has 3 heterocycles. The molecule has 2 aromatic rings. The minimum atomic E-state index is -5.08. The first kappa shape index (κ1) is 25.6. The second kappa shape index (κ2) is 11.0. The van der Waals surface area contributed by atoms with Crippen molar-refractivity contribution in [2.24, 2.45) is 0 Å². The van der Waals surface area contributed by atoms with Crippen molar-refractivity contribution in [1.29, 1.82) is 0 Å². The number of rotatable bonds is 4.